The lowest BCUT2D eigenvalue weighted by molar-refractivity contribution is -0.122. The largest absolute Gasteiger partial charge is 0.385 e. The third-order valence-electron chi connectivity index (χ3n) is 3.16. The summed E-state index contributed by atoms with van der Waals surface area (Å²) in [5.41, 5.74) is 5.86. The Bertz CT molecular complexity index is 382. The van der Waals surface area contributed by atoms with E-state index < -0.39 is 6.04 Å². The lowest BCUT2D eigenvalue weighted by Crippen LogP contribution is -2.43. The Kier molecular flexibility index (Phi) is 7.76. The molecule has 114 valence electrons. The number of hydrogen-bond acceptors (Lipinski definition) is 5. The third kappa shape index (κ3) is 5.58. The molecular weight excluding hydrogens is 274 g/mol. The number of methoxy groups -OCH3 is 1. The van der Waals surface area contributed by atoms with E-state index in [1.165, 1.54) is 4.88 Å². The van der Waals surface area contributed by atoms with Crippen molar-refractivity contribution in [3.05, 3.63) is 22.4 Å². The molecule has 0 spiro atoms. The van der Waals surface area contributed by atoms with Gasteiger partial charge in [0.2, 0.25) is 5.91 Å². The van der Waals surface area contributed by atoms with Crippen LogP contribution in [0, 0.1) is 0 Å². The molecule has 0 aliphatic rings. The van der Waals surface area contributed by atoms with E-state index >= 15 is 0 Å². The number of nitrogens with zero attached hydrogens (tertiary/aromatic N) is 1. The SMILES string of the molecule is COCCCC(N)C(=O)NCC(c1cccs1)N(C)C. The number of carbonyl (C=O) groups excluding carboxylic acids is 1. The number of amides is 1. The molecule has 0 saturated heterocycles. The van der Waals surface area contributed by atoms with Gasteiger partial charge in [-0.2, -0.15) is 0 Å². The van der Waals surface area contributed by atoms with E-state index in [1.54, 1.807) is 18.4 Å². The molecular formula is C14H25N3O2S. The summed E-state index contributed by atoms with van der Waals surface area (Å²) in [6.45, 7) is 1.21. The van der Waals surface area contributed by atoms with Gasteiger partial charge in [0.25, 0.3) is 0 Å². The summed E-state index contributed by atoms with van der Waals surface area (Å²) in [4.78, 5) is 15.3. The number of thiophene rings is 1. The van der Waals surface area contributed by atoms with Crippen LogP contribution in [0.5, 0.6) is 0 Å². The van der Waals surface area contributed by atoms with Crippen molar-refractivity contribution in [2.45, 2.75) is 24.9 Å². The molecule has 2 unspecified atom stereocenters. The lowest BCUT2D eigenvalue weighted by Gasteiger charge is -2.24. The molecule has 6 heteroatoms. The number of nitrogens with one attached hydrogen (secondary N) is 1. The predicted molar refractivity (Wildman–Crippen MR) is 82.8 cm³/mol. The zero-order valence-corrected chi connectivity index (χ0v) is 13.3. The van der Waals surface area contributed by atoms with Crippen molar-refractivity contribution in [2.24, 2.45) is 5.73 Å². The molecule has 20 heavy (non-hydrogen) atoms. The molecule has 5 nitrogen and oxygen atoms in total. The van der Waals surface area contributed by atoms with Crippen molar-refractivity contribution in [3.63, 3.8) is 0 Å². The fourth-order valence-corrected chi connectivity index (χ4v) is 2.85. The minimum Gasteiger partial charge on any atom is -0.385 e. The molecule has 1 heterocycles. The van der Waals surface area contributed by atoms with Gasteiger partial charge >= 0.3 is 0 Å². The first-order chi connectivity index (χ1) is 9.56. The van der Waals surface area contributed by atoms with Gasteiger partial charge in [-0.3, -0.25) is 4.79 Å². The Morgan fingerprint density at radius 3 is 2.85 bits per heavy atom. The second-order valence-electron chi connectivity index (χ2n) is 4.98. The van der Waals surface area contributed by atoms with Gasteiger partial charge in [0.1, 0.15) is 0 Å². The predicted octanol–water partition coefficient (Wildman–Crippen LogP) is 1.22. The van der Waals surface area contributed by atoms with Gasteiger partial charge in [-0.05, 0) is 38.4 Å². The highest BCUT2D eigenvalue weighted by Crippen LogP contribution is 2.22. The van der Waals surface area contributed by atoms with Crippen LogP contribution < -0.4 is 11.1 Å². The Morgan fingerprint density at radius 2 is 2.30 bits per heavy atom. The number of likely N-dealkylation sites (N-methyl/N-ethyl adjacent to an activating group) is 1. The smallest absolute Gasteiger partial charge is 0.236 e. The number of ether oxygens (including phenoxy) is 1. The maximum absolute atomic E-state index is 11.9. The molecule has 0 aromatic carbocycles. The summed E-state index contributed by atoms with van der Waals surface area (Å²) in [6.07, 6.45) is 1.44. The van der Waals surface area contributed by atoms with Gasteiger partial charge in [0, 0.05) is 25.1 Å². The standard InChI is InChI=1S/C14H25N3O2S/c1-17(2)12(13-7-5-9-20-13)10-16-14(18)11(15)6-4-8-19-3/h5,7,9,11-12H,4,6,8,10,15H2,1-3H3,(H,16,18). The highest BCUT2D eigenvalue weighted by molar-refractivity contribution is 7.10. The van der Waals surface area contributed by atoms with E-state index in [4.69, 9.17) is 10.5 Å². The first kappa shape index (κ1) is 17.1. The monoisotopic (exact) mass is 299 g/mol. The average molecular weight is 299 g/mol. The number of nitrogens with two attached hydrogens (primary N) is 1. The summed E-state index contributed by atoms with van der Waals surface area (Å²) in [7, 11) is 5.67. The Morgan fingerprint density at radius 1 is 1.55 bits per heavy atom. The van der Waals surface area contributed by atoms with Crippen molar-refractivity contribution in [3.8, 4) is 0 Å². The van der Waals surface area contributed by atoms with Crippen LogP contribution in [0.15, 0.2) is 17.5 Å². The first-order valence-corrected chi connectivity index (χ1v) is 7.66. The van der Waals surface area contributed by atoms with Gasteiger partial charge in [0.15, 0.2) is 0 Å². The van der Waals surface area contributed by atoms with Crippen molar-refractivity contribution in [1.29, 1.82) is 0 Å². The quantitative estimate of drug-likeness (QED) is 0.673. The fraction of sp³-hybridized carbons (Fsp3) is 0.643. The van der Waals surface area contributed by atoms with E-state index in [-0.39, 0.29) is 11.9 Å². The van der Waals surface area contributed by atoms with Gasteiger partial charge in [-0.15, -0.1) is 11.3 Å². The van der Waals surface area contributed by atoms with Gasteiger partial charge < -0.3 is 20.7 Å². The molecule has 0 radical (unpaired) electrons. The zero-order valence-electron chi connectivity index (χ0n) is 12.5. The molecule has 2 atom stereocenters. The van der Waals surface area contributed by atoms with E-state index in [9.17, 15) is 4.79 Å². The van der Waals surface area contributed by atoms with Crippen LogP contribution in [0.1, 0.15) is 23.8 Å². The fourth-order valence-electron chi connectivity index (χ4n) is 1.93. The normalized spacial score (nSPS) is 14.2. The van der Waals surface area contributed by atoms with Gasteiger partial charge in [-0.1, -0.05) is 6.07 Å². The summed E-state index contributed by atoms with van der Waals surface area (Å²) >= 11 is 1.70. The molecule has 0 fully saturated rings. The Labute approximate surface area is 125 Å². The van der Waals surface area contributed by atoms with Gasteiger partial charge in [0.05, 0.1) is 12.1 Å². The zero-order chi connectivity index (χ0) is 15.0. The summed E-state index contributed by atoms with van der Waals surface area (Å²) in [5, 5.41) is 4.99. The van der Waals surface area contributed by atoms with Crippen LogP contribution in [0.2, 0.25) is 0 Å². The van der Waals surface area contributed by atoms with Crippen LogP contribution in [-0.2, 0) is 9.53 Å². The minimum atomic E-state index is -0.462. The molecule has 1 amide bonds. The van der Waals surface area contributed by atoms with Crippen LogP contribution in [0.25, 0.3) is 0 Å². The maximum atomic E-state index is 11.9. The van der Waals surface area contributed by atoms with E-state index in [2.05, 4.69) is 16.3 Å². The van der Waals surface area contributed by atoms with E-state index in [0.29, 0.717) is 19.6 Å². The van der Waals surface area contributed by atoms with Crippen LogP contribution in [0.3, 0.4) is 0 Å². The van der Waals surface area contributed by atoms with Crippen LogP contribution in [0.4, 0.5) is 0 Å². The first-order valence-electron chi connectivity index (χ1n) is 6.78. The number of rotatable bonds is 9. The second kappa shape index (κ2) is 9.07. The Hall–Kier alpha value is -0.950. The van der Waals surface area contributed by atoms with Crippen LogP contribution in [-0.4, -0.2) is 51.2 Å². The van der Waals surface area contributed by atoms with Crippen molar-refractivity contribution < 1.29 is 9.53 Å². The molecule has 1 rings (SSSR count). The van der Waals surface area contributed by atoms with Crippen molar-refractivity contribution >= 4 is 17.2 Å². The maximum Gasteiger partial charge on any atom is 0.236 e. The molecule has 3 N–H and O–H groups in total. The highest BCUT2D eigenvalue weighted by atomic mass is 32.1. The number of carbonyl (C=O) groups is 1. The molecule has 1 aromatic rings. The Balaban J connectivity index is 2.41. The topological polar surface area (TPSA) is 67.6 Å². The minimum absolute atomic E-state index is 0.0930. The highest BCUT2D eigenvalue weighted by Gasteiger charge is 2.18. The van der Waals surface area contributed by atoms with Crippen molar-refractivity contribution in [2.75, 3.05) is 34.4 Å². The molecule has 0 bridgehead atoms. The van der Waals surface area contributed by atoms with Crippen LogP contribution >= 0.6 is 11.3 Å². The third-order valence-corrected chi connectivity index (χ3v) is 4.14. The second-order valence-corrected chi connectivity index (χ2v) is 5.96. The van der Waals surface area contributed by atoms with Crippen molar-refractivity contribution in [1.82, 2.24) is 10.2 Å². The molecule has 0 aliphatic heterocycles. The van der Waals surface area contributed by atoms with Gasteiger partial charge in [-0.25, -0.2) is 0 Å². The molecule has 1 aromatic heterocycles. The average Bonchev–Trinajstić information content (AvgIpc) is 2.92. The number of hydrogen-bond donors (Lipinski definition) is 2. The molecule has 0 saturated carbocycles. The summed E-state index contributed by atoms with van der Waals surface area (Å²) in [6, 6.07) is 3.83. The summed E-state index contributed by atoms with van der Waals surface area (Å²) in [5.74, 6) is -0.0930. The molecule has 0 aliphatic carbocycles. The lowest BCUT2D eigenvalue weighted by atomic mass is 10.1. The van der Waals surface area contributed by atoms with E-state index in [0.717, 1.165) is 6.42 Å². The summed E-state index contributed by atoms with van der Waals surface area (Å²) < 4.78 is 4.96. The van der Waals surface area contributed by atoms with E-state index in [1.807, 2.05) is 25.5 Å².